The van der Waals surface area contributed by atoms with Gasteiger partial charge in [-0.3, -0.25) is 4.79 Å². The van der Waals surface area contributed by atoms with Gasteiger partial charge in [0.1, 0.15) is 5.82 Å². The molecule has 0 saturated carbocycles. The van der Waals surface area contributed by atoms with Crippen molar-refractivity contribution in [1.82, 2.24) is 9.97 Å². The lowest BCUT2D eigenvalue weighted by atomic mass is 10.1. The fraction of sp³-hybridized carbons (Fsp3) is 0.312. The van der Waals surface area contributed by atoms with Crippen molar-refractivity contribution in [2.75, 3.05) is 17.2 Å². The van der Waals surface area contributed by atoms with Gasteiger partial charge < -0.3 is 10.6 Å². The van der Waals surface area contributed by atoms with E-state index in [1.165, 1.54) is 0 Å². The van der Waals surface area contributed by atoms with Crippen LogP contribution in [-0.4, -0.2) is 22.3 Å². The number of benzene rings is 1. The van der Waals surface area contributed by atoms with Gasteiger partial charge in [0.15, 0.2) is 5.78 Å². The molecular weight excluding hydrogens is 264 g/mol. The average Bonchev–Trinajstić information content (AvgIpc) is 2.46. The predicted octanol–water partition coefficient (Wildman–Crippen LogP) is 3.49. The number of carbonyl (C=O) groups is 1. The van der Waals surface area contributed by atoms with Gasteiger partial charge in [0.05, 0.1) is 0 Å². The van der Waals surface area contributed by atoms with Crippen LogP contribution in [-0.2, 0) is 0 Å². The Morgan fingerprint density at radius 2 is 1.90 bits per heavy atom. The summed E-state index contributed by atoms with van der Waals surface area (Å²) in [6, 6.07) is 9.09. The van der Waals surface area contributed by atoms with E-state index in [0.29, 0.717) is 17.4 Å². The Bertz CT molecular complexity index is 608. The van der Waals surface area contributed by atoms with Crippen molar-refractivity contribution in [3.63, 3.8) is 0 Å². The first kappa shape index (κ1) is 15.0. The molecule has 0 unspecified atom stereocenters. The number of ketones is 1. The van der Waals surface area contributed by atoms with Crippen molar-refractivity contribution >= 4 is 23.2 Å². The topological polar surface area (TPSA) is 66.9 Å². The fourth-order valence-electron chi connectivity index (χ4n) is 1.74. The average molecular weight is 284 g/mol. The minimum atomic E-state index is 0.0534. The van der Waals surface area contributed by atoms with E-state index in [0.717, 1.165) is 18.1 Å². The Kier molecular flexibility index (Phi) is 4.87. The monoisotopic (exact) mass is 284 g/mol. The first-order chi connectivity index (χ1) is 10.0. The van der Waals surface area contributed by atoms with Crippen LogP contribution in [0.3, 0.4) is 0 Å². The minimum absolute atomic E-state index is 0.0534. The molecule has 21 heavy (non-hydrogen) atoms. The van der Waals surface area contributed by atoms with Crippen LogP contribution in [0.25, 0.3) is 0 Å². The molecule has 2 rings (SSSR count). The van der Waals surface area contributed by atoms with E-state index in [-0.39, 0.29) is 5.78 Å². The lowest BCUT2D eigenvalue weighted by Gasteiger charge is -2.10. The van der Waals surface area contributed by atoms with E-state index in [2.05, 4.69) is 34.4 Å². The summed E-state index contributed by atoms with van der Waals surface area (Å²) in [6.45, 7) is 6.70. The van der Waals surface area contributed by atoms with Crippen LogP contribution >= 0.6 is 0 Å². The highest BCUT2D eigenvalue weighted by Crippen LogP contribution is 2.15. The van der Waals surface area contributed by atoms with E-state index in [1.807, 2.05) is 18.2 Å². The molecule has 1 heterocycles. The molecule has 0 aliphatic rings. The molecule has 0 saturated heterocycles. The summed E-state index contributed by atoms with van der Waals surface area (Å²) >= 11 is 0. The zero-order valence-electron chi connectivity index (χ0n) is 12.6. The third kappa shape index (κ3) is 4.56. The van der Waals surface area contributed by atoms with Gasteiger partial charge >= 0.3 is 0 Å². The van der Waals surface area contributed by atoms with Gasteiger partial charge in [0, 0.05) is 24.0 Å². The van der Waals surface area contributed by atoms with Gasteiger partial charge in [-0.15, -0.1) is 0 Å². The number of nitrogens with zero attached hydrogens (tertiary/aromatic N) is 2. The summed E-state index contributed by atoms with van der Waals surface area (Å²) in [6.07, 6.45) is 1.71. The Balaban J connectivity index is 2.05. The molecular formula is C16H20N4O. The van der Waals surface area contributed by atoms with E-state index >= 15 is 0 Å². The lowest BCUT2D eigenvalue weighted by molar-refractivity contribution is 0.101. The number of Topliss-reactive ketones (excluding diaryl/α,β-unsaturated/α-hetero) is 1. The highest BCUT2D eigenvalue weighted by atomic mass is 16.1. The van der Waals surface area contributed by atoms with Crippen molar-refractivity contribution in [2.24, 2.45) is 5.92 Å². The zero-order chi connectivity index (χ0) is 15.2. The largest absolute Gasteiger partial charge is 0.370 e. The highest BCUT2D eigenvalue weighted by Gasteiger charge is 2.02. The predicted molar refractivity (Wildman–Crippen MR) is 85.1 cm³/mol. The van der Waals surface area contributed by atoms with Crippen molar-refractivity contribution < 1.29 is 4.79 Å². The molecule has 2 N–H and O–H groups in total. The summed E-state index contributed by atoms with van der Waals surface area (Å²) in [5.41, 5.74) is 1.54. The Morgan fingerprint density at radius 3 is 2.52 bits per heavy atom. The van der Waals surface area contributed by atoms with Crippen LogP contribution in [0.15, 0.2) is 36.5 Å². The van der Waals surface area contributed by atoms with Gasteiger partial charge in [-0.05, 0) is 43.2 Å². The highest BCUT2D eigenvalue weighted by molar-refractivity contribution is 5.94. The maximum Gasteiger partial charge on any atom is 0.229 e. The number of anilines is 3. The second kappa shape index (κ2) is 6.83. The van der Waals surface area contributed by atoms with Gasteiger partial charge in [-0.1, -0.05) is 13.8 Å². The number of nitrogens with one attached hydrogen (secondary N) is 2. The molecule has 0 atom stereocenters. The van der Waals surface area contributed by atoms with E-state index < -0.39 is 0 Å². The molecule has 0 bridgehead atoms. The summed E-state index contributed by atoms with van der Waals surface area (Å²) in [7, 11) is 0. The van der Waals surface area contributed by atoms with Crippen molar-refractivity contribution in [3.8, 4) is 0 Å². The first-order valence-electron chi connectivity index (χ1n) is 6.99. The Labute approximate surface area is 124 Å². The van der Waals surface area contributed by atoms with Crippen molar-refractivity contribution in [1.29, 1.82) is 0 Å². The fourth-order valence-corrected chi connectivity index (χ4v) is 1.74. The molecule has 0 aliphatic heterocycles. The maximum absolute atomic E-state index is 11.2. The Hall–Kier alpha value is -2.43. The maximum atomic E-state index is 11.2. The summed E-state index contributed by atoms with van der Waals surface area (Å²) in [4.78, 5) is 19.8. The lowest BCUT2D eigenvalue weighted by Crippen LogP contribution is -2.10. The van der Waals surface area contributed by atoms with Crippen LogP contribution in [0.5, 0.6) is 0 Å². The van der Waals surface area contributed by atoms with Crippen LogP contribution in [0.1, 0.15) is 31.1 Å². The SMILES string of the molecule is CC(=O)c1ccc(Nc2nccc(NCC(C)C)n2)cc1. The number of aromatic nitrogens is 2. The van der Waals surface area contributed by atoms with E-state index in [9.17, 15) is 4.79 Å². The van der Waals surface area contributed by atoms with Crippen molar-refractivity contribution in [2.45, 2.75) is 20.8 Å². The molecule has 0 radical (unpaired) electrons. The molecule has 0 fully saturated rings. The molecule has 2 aromatic rings. The molecule has 5 nitrogen and oxygen atoms in total. The van der Waals surface area contributed by atoms with Gasteiger partial charge in [-0.2, -0.15) is 4.98 Å². The van der Waals surface area contributed by atoms with Crippen LogP contribution in [0.2, 0.25) is 0 Å². The summed E-state index contributed by atoms with van der Waals surface area (Å²) < 4.78 is 0. The summed E-state index contributed by atoms with van der Waals surface area (Å²) in [5, 5.41) is 6.38. The third-order valence-corrected chi connectivity index (χ3v) is 2.89. The molecule has 1 aromatic carbocycles. The normalized spacial score (nSPS) is 10.5. The van der Waals surface area contributed by atoms with Crippen LogP contribution in [0, 0.1) is 5.92 Å². The van der Waals surface area contributed by atoms with E-state index in [4.69, 9.17) is 0 Å². The third-order valence-electron chi connectivity index (χ3n) is 2.89. The van der Waals surface area contributed by atoms with Gasteiger partial charge in [0.25, 0.3) is 0 Å². The molecule has 0 spiro atoms. The zero-order valence-corrected chi connectivity index (χ0v) is 12.6. The minimum Gasteiger partial charge on any atom is -0.370 e. The second-order valence-corrected chi connectivity index (χ2v) is 5.30. The van der Waals surface area contributed by atoms with E-state index in [1.54, 1.807) is 25.3 Å². The number of hydrogen-bond donors (Lipinski definition) is 2. The van der Waals surface area contributed by atoms with Gasteiger partial charge in [0.2, 0.25) is 5.95 Å². The molecule has 1 aromatic heterocycles. The number of hydrogen-bond acceptors (Lipinski definition) is 5. The molecule has 0 amide bonds. The Morgan fingerprint density at radius 1 is 1.19 bits per heavy atom. The number of rotatable bonds is 6. The van der Waals surface area contributed by atoms with Crippen molar-refractivity contribution in [3.05, 3.63) is 42.1 Å². The summed E-state index contributed by atoms with van der Waals surface area (Å²) in [5.74, 6) is 1.93. The smallest absolute Gasteiger partial charge is 0.229 e. The van der Waals surface area contributed by atoms with Crippen LogP contribution in [0.4, 0.5) is 17.5 Å². The molecule has 110 valence electrons. The standard InChI is InChI=1S/C16H20N4O/c1-11(2)10-18-15-8-9-17-16(20-15)19-14-6-4-13(5-7-14)12(3)21/h4-9,11H,10H2,1-3H3,(H2,17,18,19,20). The second-order valence-electron chi connectivity index (χ2n) is 5.30. The van der Waals surface area contributed by atoms with Crippen LogP contribution < -0.4 is 10.6 Å². The number of carbonyl (C=O) groups excluding carboxylic acids is 1. The quantitative estimate of drug-likeness (QED) is 0.795. The molecule has 0 aliphatic carbocycles. The van der Waals surface area contributed by atoms with Gasteiger partial charge in [-0.25, -0.2) is 4.98 Å². The first-order valence-corrected chi connectivity index (χ1v) is 6.99. The molecule has 5 heteroatoms.